The van der Waals surface area contributed by atoms with Crippen molar-refractivity contribution in [3.05, 3.63) is 29.8 Å². The second kappa shape index (κ2) is 4.13. The number of hydrogen-bond donors (Lipinski definition) is 2. The lowest BCUT2D eigenvalue weighted by Gasteiger charge is -2.10. The normalized spacial score (nSPS) is 12.9. The van der Waals surface area contributed by atoms with Gasteiger partial charge in [0.25, 0.3) is 0 Å². The standard InChI is InChI=1S/C8H11FN2O/c9-8-2-1-6(4-11-8)7(3-10)5-12/h1-2,4,7,12H,3,5,10H2. The van der Waals surface area contributed by atoms with Crippen LogP contribution in [0.25, 0.3) is 0 Å². The molecule has 0 aliphatic carbocycles. The van der Waals surface area contributed by atoms with E-state index in [1.54, 1.807) is 6.07 Å². The Morgan fingerprint density at radius 3 is 2.75 bits per heavy atom. The van der Waals surface area contributed by atoms with Gasteiger partial charge in [0.15, 0.2) is 0 Å². The van der Waals surface area contributed by atoms with Crippen LogP contribution in [0.2, 0.25) is 0 Å². The summed E-state index contributed by atoms with van der Waals surface area (Å²) >= 11 is 0. The summed E-state index contributed by atoms with van der Waals surface area (Å²) in [5, 5.41) is 8.85. The Morgan fingerprint density at radius 2 is 2.33 bits per heavy atom. The van der Waals surface area contributed by atoms with Gasteiger partial charge >= 0.3 is 0 Å². The molecular weight excluding hydrogens is 159 g/mol. The number of aromatic nitrogens is 1. The molecule has 4 heteroatoms. The molecule has 0 saturated carbocycles. The molecule has 1 atom stereocenters. The van der Waals surface area contributed by atoms with Crippen LogP contribution in [-0.2, 0) is 0 Å². The molecule has 0 radical (unpaired) electrons. The summed E-state index contributed by atoms with van der Waals surface area (Å²) in [6.45, 7) is 0.299. The number of aliphatic hydroxyl groups excluding tert-OH is 1. The first-order valence-corrected chi connectivity index (χ1v) is 3.70. The van der Waals surface area contributed by atoms with Crippen LogP contribution in [0.4, 0.5) is 4.39 Å². The molecule has 1 heterocycles. The number of halogens is 1. The highest BCUT2D eigenvalue weighted by Crippen LogP contribution is 2.12. The summed E-state index contributed by atoms with van der Waals surface area (Å²) in [6, 6.07) is 2.84. The number of aliphatic hydroxyl groups is 1. The van der Waals surface area contributed by atoms with E-state index in [-0.39, 0.29) is 12.5 Å². The fourth-order valence-electron chi connectivity index (χ4n) is 0.945. The van der Waals surface area contributed by atoms with E-state index in [1.165, 1.54) is 12.3 Å². The molecular formula is C8H11FN2O. The zero-order chi connectivity index (χ0) is 8.97. The van der Waals surface area contributed by atoms with E-state index in [9.17, 15) is 4.39 Å². The van der Waals surface area contributed by atoms with Gasteiger partial charge in [-0.3, -0.25) is 0 Å². The highest BCUT2D eigenvalue weighted by Gasteiger charge is 2.07. The monoisotopic (exact) mass is 170 g/mol. The third kappa shape index (κ3) is 1.99. The molecule has 0 aliphatic rings. The van der Waals surface area contributed by atoms with Gasteiger partial charge in [-0.1, -0.05) is 6.07 Å². The van der Waals surface area contributed by atoms with Crippen molar-refractivity contribution < 1.29 is 9.50 Å². The lowest BCUT2D eigenvalue weighted by atomic mass is 10.0. The Bertz CT molecular complexity index is 233. The van der Waals surface area contributed by atoms with Gasteiger partial charge in [-0.2, -0.15) is 4.39 Å². The SMILES string of the molecule is NCC(CO)c1ccc(F)nc1. The fraction of sp³-hybridized carbons (Fsp3) is 0.375. The minimum atomic E-state index is -0.521. The number of pyridine rings is 1. The van der Waals surface area contributed by atoms with Crippen LogP contribution < -0.4 is 5.73 Å². The molecule has 12 heavy (non-hydrogen) atoms. The average molecular weight is 170 g/mol. The highest BCUT2D eigenvalue weighted by atomic mass is 19.1. The van der Waals surface area contributed by atoms with Gasteiger partial charge in [-0.25, -0.2) is 4.98 Å². The fourth-order valence-corrected chi connectivity index (χ4v) is 0.945. The molecule has 0 fully saturated rings. The summed E-state index contributed by atoms with van der Waals surface area (Å²) in [6.07, 6.45) is 1.39. The Labute approximate surface area is 70.0 Å². The molecule has 0 aliphatic heterocycles. The molecule has 0 spiro atoms. The summed E-state index contributed by atoms with van der Waals surface area (Å²) < 4.78 is 12.4. The van der Waals surface area contributed by atoms with Crippen LogP contribution in [-0.4, -0.2) is 23.2 Å². The molecule has 3 N–H and O–H groups in total. The van der Waals surface area contributed by atoms with Crippen LogP contribution in [0.3, 0.4) is 0 Å². The lowest BCUT2D eigenvalue weighted by Crippen LogP contribution is -2.16. The minimum Gasteiger partial charge on any atom is -0.396 e. The maximum absolute atomic E-state index is 12.4. The van der Waals surface area contributed by atoms with Crippen LogP contribution in [0, 0.1) is 5.95 Å². The first kappa shape index (κ1) is 9.09. The molecule has 0 bridgehead atoms. The van der Waals surface area contributed by atoms with Crippen molar-refractivity contribution in [2.75, 3.05) is 13.2 Å². The molecule has 0 amide bonds. The molecule has 1 unspecified atom stereocenters. The van der Waals surface area contributed by atoms with E-state index in [0.29, 0.717) is 6.54 Å². The van der Waals surface area contributed by atoms with Crippen molar-refractivity contribution in [2.24, 2.45) is 5.73 Å². The maximum Gasteiger partial charge on any atom is 0.212 e. The second-order valence-corrected chi connectivity index (χ2v) is 2.53. The zero-order valence-electron chi connectivity index (χ0n) is 6.57. The molecule has 0 saturated heterocycles. The van der Waals surface area contributed by atoms with Crippen molar-refractivity contribution in [2.45, 2.75) is 5.92 Å². The van der Waals surface area contributed by atoms with Gasteiger partial charge in [0.1, 0.15) is 0 Å². The van der Waals surface area contributed by atoms with Crippen LogP contribution >= 0.6 is 0 Å². The quantitative estimate of drug-likeness (QED) is 0.639. The van der Waals surface area contributed by atoms with E-state index in [4.69, 9.17) is 10.8 Å². The van der Waals surface area contributed by atoms with E-state index < -0.39 is 5.95 Å². The van der Waals surface area contributed by atoms with Gasteiger partial charge in [-0.05, 0) is 11.6 Å². The first-order valence-electron chi connectivity index (χ1n) is 3.70. The summed E-state index contributed by atoms with van der Waals surface area (Å²) in [5.41, 5.74) is 6.14. The lowest BCUT2D eigenvalue weighted by molar-refractivity contribution is 0.267. The predicted molar refractivity (Wildman–Crippen MR) is 43.1 cm³/mol. The Morgan fingerprint density at radius 1 is 1.58 bits per heavy atom. The van der Waals surface area contributed by atoms with Gasteiger partial charge < -0.3 is 10.8 Å². The van der Waals surface area contributed by atoms with Gasteiger partial charge in [-0.15, -0.1) is 0 Å². The molecule has 0 aromatic carbocycles. The van der Waals surface area contributed by atoms with Crippen LogP contribution in [0.15, 0.2) is 18.3 Å². The molecule has 1 rings (SSSR count). The maximum atomic E-state index is 12.4. The van der Waals surface area contributed by atoms with Crippen molar-refractivity contribution in [3.8, 4) is 0 Å². The van der Waals surface area contributed by atoms with Gasteiger partial charge in [0, 0.05) is 18.7 Å². The second-order valence-electron chi connectivity index (χ2n) is 2.53. The van der Waals surface area contributed by atoms with Crippen molar-refractivity contribution in [3.63, 3.8) is 0 Å². The zero-order valence-corrected chi connectivity index (χ0v) is 6.57. The van der Waals surface area contributed by atoms with Crippen LogP contribution in [0.1, 0.15) is 11.5 Å². The largest absolute Gasteiger partial charge is 0.396 e. The van der Waals surface area contributed by atoms with Crippen LogP contribution in [0.5, 0.6) is 0 Å². The van der Waals surface area contributed by atoms with Gasteiger partial charge in [0.2, 0.25) is 5.95 Å². The third-order valence-corrected chi connectivity index (χ3v) is 1.73. The molecule has 1 aromatic rings. The first-order chi connectivity index (χ1) is 5.77. The Hall–Kier alpha value is -1.00. The number of hydrogen-bond acceptors (Lipinski definition) is 3. The van der Waals surface area contributed by atoms with E-state index in [2.05, 4.69) is 4.98 Å². The van der Waals surface area contributed by atoms with Gasteiger partial charge in [0.05, 0.1) is 6.61 Å². The highest BCUT2D eigenvalue weighted by molar-refractivity contribution is 5.15. The number of nitrogens with two attached hydrogens (primary N) is 1. The average Bonchev–Trinajstić information content (AvgIpc) is 2.10. The topological polar surface area (TPSA) is 59.1 Å². The predicted octanol–water partition coefficient (Wildman–Crippen LogP) is 0.255. The Kier molecular flexibility index (Phi) is 3.13. The molecule has 66 valence electrons. The molecule has 3 nitrogen and oxygen atoms in total. The van der Waals surface area contributed by atoms with E-state index in [0.717, 1.165) is 5.56 Å². The summed E-state index contributed by atoms with van der Waals surface area (Å²) in [5.74, 6) is -0.662. The Balaban J connectivity index is 2.80. The number of rotatable bonds is 3. The summed E-state index contributed by atoms with van der Waals surface area (Å²) in [7, 11) is 0. The number of nitrogens with zero attached hydrogens (tertiary/aromatic N) is 1. The van der Waals surface area contributed by atoms with E-state index >= 15 is 0 Å². The third-order valence-electron chi connectivity index (χ3n) is 1.73. The smallest absolute Gasteiger partial charge is 0.212 e. The van der Waals surface area contributed by atoms with Crippen molar-refractivity contribution in [1.29, 1.82) is 0 Å². The minimum absolute atomic E-state index is 0.0379. The van der Waals surface area contributed by atoms with Crippen molar-refractivity contribution in [1.82, 2.24) is 4.98 Å². The summed E-state index contributed by atoms with van der Waals surface area (Å²) in [4.78, 5) is 3.46. The van der Waals surface area contributed by atoms with E-state index in [1.807, 2.05) is 0 Å². The van der Waals surface area contributed by atoms with Crippen molar-refractivity contribution >= 4 is 0 Å². The molecule has 1 aromatic heterocycles.